The molecule has 0 saturated heterocycles. The lowest BCUT2D eigenvalue weighted by Crippen LogP contribution is -2.38. The Hall–Kier alpha value is -1.85. The van der Waals surface area contributed by atoms with Crippen molar-refractivity contribution in [3.05, 3.63) is 70.4 Å². The molecule has 0 unspecified atom stereocenters. The maximum atomic E-state index is 14.8. The van der Waals surface area contributed by atoms with Crippen LogP contribution >= 0.6 is 11.9 Å². The molecule has 0 fully saturated rings. The molecule has 1 N–H and O–H groups in total. The van der Waals surface area contributed by atoms with Gasteiger partial charge in [-0.3, -0.25) is 0 Å². The van der Waals surface area contributed by atoms with Crippen LogP contribution in [0.4, 0.5) is 8.78 Å². The lowest BCUT2D eigenvalue weighted by Gasteiger charge is -2.39. The van der Waals surface area contributed by atoms with Crippen molar-refractivity contribution >= 4 is 22.9 Å². The molecule has 2 nitrogen and oxygen atoms in total. The average molecular weight is 358 g/mol. The Labute approximate surface area is 150 Å². The Morgan fingerprint density at radius 3 is 2.52 bits per heavy atom. The molecule has 2 heterocycles. The molecule has 2 atom stereocenters. The first-order valence-corrected chi connectivity index (χ1v) is 9.57. The number of aryl methyl sites for hydroxylation is 1. The predicted octanol–water partition coefficient (Wildman–Crippen LogP) is 5.37. The Balaban J connectivity index is 2.00. The number of nitrogens with one attached hydrogen (secondary N) is 1. The van der Waals surface area contributed by atoms with Crippen molar-refractivity contribution in [2.75, 3.05) is 6.26 Å². The summed E-state index contributed by atoms with van der Waals surface area (Å²) in [6.45, 7) is 3.82. The third-order valence-corrected chi connectivity index (χ3v) is 6.01. The van der Waals surface area contributed by atoms with Crippen LogP contribution in [0.1, 0.15) is 35.3 Å². The second-order valence-corrected chi connectivity index (χ2v) is 7.49. The first kappa shape index (κ1) is 16.6. The summed E-state index contributed by atoms with van der Waals surface area (Å²) in [6.07, 6.45) is 2.81. The molecular formula is C20H20F2N2S. The number of hydrogen-bond donors (Lipinski definition) is 1. The molecule has 25 heavy (non-hydrogen) atoms. The van der Waals surface area contributed by atoms with Crippen LogP contribution in [0.2, 0.25) is 0 Å². The number of para-hydroxylation sites is 1. The number of nitrogens with zero attached hydrogens (tertiary/aromatic N) is 1. The van der Waals surface area contributed by atoms with E-state index in [1.165, 1.54) is 24.1 Å². The standard InChI is InChI=1S/C20H20F2N2S/c1-11-8-15(21)18(16(22)9-11)20-19-14(10-12(2)24(20)25-3)13-6-4-5-7-17(13)23-19/h4-9,12,20,23H,10H2,1-3H3/t12-,20+/m1/s1. The van der Waals surface area contributed by atoms with Crippen LogP contribution in [0.3, 0.4) is 0 Å². The van der Waals surface area contributed by atoms with Gasteiger partial charge in [0.1, 0.15) is 11.6 Å². The Morgan fingerprint density at radius 1 is 1.16 bits per heavy atom. The van der Waals surface area contributed by atoms with Gasteiger partial charge in [0.05, 0.1) is 6.04 Å². The van der Waals surface area contributed by atoms with E-state index in [0.29, 0.717) is 5.56 Å². The van der Waals surface area contributed by atoms with Crippen LogP contribution in [-0.2, 0) is 6.42 Å². The minimum Gasteiger partial charge on any atom is -0.357 e. The molecule has 1 aliphatic heterocycles. The average Bonchev–Trinajstić information content (AvgIpc) is 2.92. The number of hydrogen-bond acceptors (Lipinski definition) is 2. The molecule has 5 heteroatoms. The number of halogens is 2. The van der Waals surface area contributed by atoms with Gasteiger partial charge >= 0.3 is 0 Å². The van der Waals surface area contributed by atoms with Gasteiger partial charge in [-0.25, -0.2) is 13.1 Å². The van der Waals surface area contributed by atoms with E-state index in [4.69, 9.17) is 0 Å². The Morgan fingerprint density at radius 2 is 1.84 bits per heavy atom. The number of aromatic amines is 1. The van der Waals surface area contributed by atoms with Gasteiger partial charge in [0.25, 0.3) is 0 Å². The van der Waals surface area contributed by atoms with E-state index in [1.807, 2.05) is 24.5 Å². The van der Waals surface area contributed by atoms with Crippen molar-refractivity contribution in [1.29, 1.82) is 0 Å². The summed E-state index contributed by atoms with van der Waals surface area (Å²) in [7, 11) is 0. The Kier molecular flexibility index (Phi) is 4.08. The molecule has 0 radical (unpaired) electrons. The van der Waals surface area contributed by atoms with Gasteiger partial charge in [0.2, 0.25) is 0 Å². The molecule has 2 aromatic carbocycles. The van der Waals surface area contributed by atoms with Crippen molar-refractivity contribution in [2.24, 2.45) is 0 Å². The normalized spacial score (nSPS) is 20.8. The number of rotatable bonds is 2. The summed E-state index contributed by atoms with van der Waals surface area (Å²) in [5.41, 5.74) is 3.79. The molecule has 4 rings (SSSR count). The van der Waals surface area contributed by atoms with Crippen molar-refractivity contribution in [3.8, 4) is 0 Å². The zero-order valence-electron chi connectivity index (χ0n) is 14.4. The van der Waals surface area contributed by atoms with Gasteiger partial charge in [-0.05, 0) is 55.9 Å². The van der Waals surface area contributed by atoms with Crippen LogP contribution in [0.15, 0.2) is 36.4 Å². The zero-order valence-corrected chi connectivity index (χ0v) is 15.3. The second-order valence-electron chi connectivity index (χ2n) is 6.70. The zero-order chi connectivity index (χ0) is 17.7. The molecule has 130 valence electrons. The molecule has 0 bridgehead atoms. The molecule has 3 aromatic rings. The summed E-state index contributed by atoms with van der Waals surface area (Å²) < 4.78 is 31.7. The monoisotopic (exact) mass is 358 g/mol. The molecular weight excluding hydrogens is 338 g/mol. The molecule has 0 aliphatic carbocycles. The fourth-order valence-corrected chi connectivity index (χ4v) is 4.83. The third kappa shape index (κ3) is 2.57. The molecule has 0 saturated carbocycles. The predicted molar refractivity (Wildman–Crippen MR) is 99.8 cm³/mol. The summed E-state index contributed by atoms with van der Waals surface area (Å²) in [5, 5.41) is 1.14. The number of H-pyrrole nitrogens is 1. The van der Waals surface area contributed by atoms with Gasteiger partial charge in [0, 0.05) is 28.2 Å². The van der Waals surface area contributed by atoms with Crippen LogP contribution in [0, 0.1) is 18.6 Å². The summed E-state index contributed by atoms with van der Waals surface area (Å²) in [4.78, 5) is 3.43. The summed E-state index contributed by atoms with van der Waals surface area (Å²) >= 11 is 1.53. The Bertz CT molecular complexity index is 927. The molecule has 1 aliphatic rings. The highest BCUT2D eigenvalue weighted by molar-refractivity contribution is 7.96. The van der Waals surface area contributed by atoms with Gasteiger partial charge in [-0.1, -0.05) is 30.1 Å². The van der Waals surface area contributed by atoms with Gasteiger partial charge in [-0.2, -0.15) is 0 Å². The van der Waals surface area contributed by atoms with E-state index >= 15 is 0 Å². The highest BCUT2D eigenvalue weighted by Gasteiger charge is 2.38. The lowest BCUT2D eigenvalue weighted by atomic mass is 9.90. The van der Waals surface area contributed by atoms with E-state index in [1.54, 1.807) is 6.92 Å². The minimum absolute atomic E-state index is 0.124. The maximum Gasteiger partial charge on any atom is 0.131 e. The SMILES string of the molecule is CSN1[C@@H](c2c(F)cc(C)cc2F)c2[nH]c3ccccc3c2C[C@H]1C. The van der Waals surface area contributed by atoms with Crippen LogP contribution < -0.4 is 0 Å². The largest absolute Gasteiger partial charge is 0.357 e. The van der Waals surface area contributed by atoms with Crippen molar-refractivity contribution in [2.45, 2.75) is 32.4 Å². The van der Waals surface area contributed by atoms with Crippen LogP contribution in [-0.4, -0.2) is 21.6 Å². The van der Waals surface area contributed by atoms with Crippen molar-refractivity contribution in [1.82, 2.24) is 9.29 Å². The van der Waals surface area contributed by atoms with E-state index in [2.05, 4.69) is 22.3 Å². The molecule has 1 aromatic heterocycles. The topological polar surface area (TPSA) is 19.0 Å². The highest BCUT2D eigenvalue weighted by atomic mass is 32.2. The fraction of sp³-hybridized carbons (Fsp3) is 0.300. The molecule has 0 amide bonds. The van der Waals surface area contributed by atoms with Crippen LogP contribution in [0.25, 0.3) is 10.9 Å². The van der Waals surface area contributed by atoms with E-state index < -0.39 is 17.7 Å². The fourth-order valence-electron chi connectivity index (χ4n) is 3.97. The maximum absolute atomic E-state index is 14.8. The lowest BCUT2D eigenvalue weighted by molar-refractivity contribution is 0.285. The van der Waals surface area contributed by atoms with E-state index in [-0.39, 0.29) is 11.6 Å². The third-order valence-electron chi connectivity index (χ3n) is 5.02. The quantitative estimate of drug-likeness (QED) is 0.621. The van der Waals surface area contributed by atoms with Gasteiger partial charge in [-0.15, -0.1) is 0 Å². The van der Waals surface area contributed by atoms with Crippen molar-refractivity contribution < 1.29 is 8.78 Å². The smallest absolute Gasteiger partial charge is 0.131 e. The second kappa shape index (κ2) is 6.15. The van der Waals surface area contributed by atoms with E-state index in [0.717, 1.165) is 28.6 Å². The number of benzene rings is 2. The minimum atomic E-state index is -0.486. The van der Waals surface area contributed by atoms with Gasteiger partial charge < -0.3 is 4.98 Å². The first-order chi connectivity index (χ1) is 12.0. The number of fused-ring (bicyclic) bond motifs is 3. The summed E-state index contributed by atoms with van der Waals surface area (Å²) in [6, 6.07) is 10.6. The number of aromatic nitrogens is 1. The van der Waals surface area contributed by atoms with Crippen molar-refractivity contribution in [3.63, 3.8) is 0 Å². The molecule has 0 spiro atoms. The van der Waals surface area contributed by atoms with Crippen LogP contribution in [0.5, 0.6) is 0 Å². The highest BCUT2D eigenvalue weighted by Crippen LogP contribution is 2.44. The summed E-state index contributed by atoms with van der Waals surface area (Å²) in [5.74, 6) is -0.972. The van der Waals surface area contributed by atoms with E-state index in [9.17, 15) is 8.78 Å². The first-order valence-electron chi connectivity index (χ1n) is 8.38. The van der Waals surface area contributed by atoms with Gasteiger partial charge in [0.15, 0.2) is 0 Å².